The molecule has 1 aliphatic heterocycles. The topological polar surface area (TPSA) is 141 Å². The summed E-state index contributed by atoms with van der Waals surface area (Å²) in [4.78, 5) is 71.8. The Kier molecular flexibility index (Phi) is 9.42. The molecule has 0 aliphatic carbocycles. The van der Waals surface area contributed by atoms with E-state index in [0.717, 1.165) is 29.8 Å². The number of aromatic nitrogens is 2. The molecule has 1 aromatic carbocycles. The summed E-state index contributed by atoms with van der Waals surface area (Å²) in [5.74, 6) is -3.41. The summed E-state index contributed by atoms with van der Waals surface area (Å²) >= 11 is 6.87. The molecular weight excluding hydrogens is 590 g/mol. The highest BCUT2D eigenvalue weighted by Crippen LogP contribution is 2.35. The smallest absolute Gasteiger partial charge is 0.431 e. The van der Waals surface area contributed by atoms with Crippen LogP contribution in [0.2, 0.25) is 5.02 Å². The number of thioether (sulfide) groups is 1. The van der Waals surface area contributed by atoms with Crippen molar-refractivity contribution in [2.45, 2.75) is 24.8 Å². The maximum Gasteiger partial charge on any atom is 0.431 e. The first-order valence-electron chi connectivity index (χ1n) is 11.1. The number of hydrogen-bond donors (Lipinski definition) is 1. The molecule has 0 saturated carbocycles. The van der Waals surface area contributed by atoms with Crippen molar-refractivity contribution < 1.29 is 41.5 Å². The number of nitrogens with zero attached hydrogens (tertiary/aromatic N) is 4. The molecule has 2 heterocycles. The molecule has 40 heavy (non-hydrogen) atoms. The number of benzene rings is 1. The van der Waals surface area contributed by atoms with E-state index >= 15 is 0 Å². The first-order chi connectivity index (χ1) is 18.7. The number of alkyl halides is 3. The number of carbonyl (C=O) groups excluding carboxylic acids is 3. The third-order valence-corrected chi connectivity index (χ3v) is 6.76. The summed E-state index contributed by atoms with van der Waals surface area (Å²) in [5, 5.41) is -1.59. The number of carbonyl (C=O) groups is 3. The summed E-state index contributed by atoms with van der Waals surface area (Å²) < 4.78 is 59.7. The highest BCUT2D eigenvalue weighted by atomic mass is 35.5. The van der Waals surface area contributed by atoms with Crippen molar-refractivity contribution in [1.29, 1.82) is 0 Å². The molecule has 12 nitrogen and oxygen atoms in total. The van der Waals surface area contributed by atoms with Gasteiger partial charge in [-0.05, 0) is 19.1 Å². The minimum atomic E-state index is -5.03. The maximum atomic E-state index is 14.9. The fourth-order valence-corrected chi connectivity index (χ4v) is 4.88. The largest absolute Gasteiger partial charge is 0.465 e. The van der Waals surface area contributed by atoms with Crippen molar-refractivity contribution in [3.63, 3.8) is 0 Å². The molecule has 0 spiro atoms. The van der Waals surface area contributed by atoms with E-state index in [4.69, 9.17) is 16.3 Å². The molecule has 1 atom stereocenters. The zero-order valence-corrected chi connectivity index (χ0v) is 22.4. The van der Waals surface area contributed by atoms with Crippen LogP contribution >= 0.6 is 23.4 Å². The zero-order valence-electron chi connectivity index (χ0n) is 20.9. The maximum absolute atomic E-state index is 14.9. The Balaban J connectivity index is 2.13. The third kappa shape index (κ3) is 6.53. The van der Waals surface area contributed by atoms with Gasteiger partial charge in [0.05, 0.1) is 30.1 Å². The Morgan fingerprint density at radius 3 is 2.48 bits per heavy atom. The zero-order chi connectivity index (χ0) is 29.9. The fourth-order valence-electron chi connectivity index (χ4n) is 3.54. The number of esters is 1. The van der Waals surface area contributed by atoms with Crippen LogP contribution in [0.5, 0.6) is 0 Å². The van der Waals surface area contributed by atoms with Crippen molar-refractivity contribution >= 4 is 52.0 Å². The average molecular weight is 610 g/mol. The second-order valence-electron chi connectivity index (χ2n) is 7.96. The lowest BCUT2D eigenvalue weighted by atomic mass is 10.2. The Morgan fingerprint density at radius 2 is 1.88 bits per heavy atom. The number of halogens is 5. The highest BCUT2D eigenvalue weighted by molar-refractivity contribution is 8.15. The Hall–Kier alpha value is -3.70. The number of amides is 2. The minimum absolute atomic E-state index is 0.00411. The lowest BCUT2D eigenvalue weighted by molar-refractivity contribution is -0.146. The van der Waals surface area contributed by atoms with Gasteiger partial charge in [0.25, 0.3) is 5.56 Å². The van der Waals surface area contributed by atoms with Gasteiger partial charge in [0, 0.05) is 19.5 Å². The van der Waals surface area contributed by atoms with Crippen LogP contribution in [-0.4, -0.2) is 62.5 Å². The van der Waals surface area contributed by atoms with Gasteiger partial charge < -0.3 is 4.74 Å². The average Bonchev–Trinajstić information content (AvgIpc) is 3.12. The molecular formula is C22H20ClF4N5O7S. The Morgan fingerprint density at radius 1 is 1.20 bits per heavy atom. The predicted octanol–water partition coefficient (Wildman–Crippen LogP) is 1.91. The predicted molar refractivity (Wildman–Crippen MR) is 134 cm³/mol. The van der Waals surface area contributed by atoms with Crippen LogP contribution in [-0.2, 0) is 37.2 Å². The first kappa shape index (κ1) is 30.8. The molecule has 18 heteroatoms. The van der Waals surface area contributed by atoms with Gasteiger partial charge in [-0.2, -0.15) is 13.2 Å². The van der Waals surface area contributed by atoms with E-state index in [2.05, 4.69) is 15.3 Å². The molecule has 1 unspecified atom stereocenters. The summed E-state index contributed by atoms with van der Waals surface area (Å²) in [7, 11) is 1.94. The monoisotopic (exact) mass is 609 g/mol. The van der Waals surface area contributed by atoms with E-state index in [1.54, 1.807) is 6.92 Å². The van der Waals surface area contributed by atoms with Crippen molar-refractivity contribution in [3.8, 4) is 5.69 Å². The molecule has 0 bridgehead atoms. The summed E-state index contributed by atoms with van der Waals surface area (Å²) in [6.45, 7) is 0.939. The van der Waals surface area contributed by atoms with Crippen LogP contribution < -0.4 is 16.7 Å². The van der Waals surface area contributed by atoms with Crippen molar-refractivity contribution in [1.82, 2.24) is 19.5 Å². The number of aliphatic imine (C=N–C) groups is 1. The van der Waals surface area contributed by atoms with Crippen molar-refractivity contribution in [2.24, 2.45) is 12.0 Å². The van der Waals surface area contributed by atoms with E-state index in [1.807, 2.05) is 0 Å². The van der Waals surface area contributed by atoms with Gasteiger partial charge in [-0.1, -0.05) is 23.4 Å². The number of amidine groups is 1. The SMILES string of the molecule is CCOC(=O)CN1C(=O)C(CC(=O)NOC)SC1=Nc1cc(-n2c(=O)cc(C(F)(F)F)n(C)c2=O)c(F)cc1Cl. The molecule has 1 aromatic heterocycles. The number of hydroxylamine groups is 1. The fraction of sp³-hybridized carbons (Fsp3) is 0.364. The quantitative estimate of drug-likeness (QED) is 0.272. The Bertz CT molecular complexity index is 1510. The lowest BCUT2D eigenvalue weighted by Gasteiger charge is -2.16. The molecule has 3 rings (SSSR count). The molecule has 1 saturated heterocycles. The molecule has 1 aliphatic rings. The highest BCUT2D eigenvalue weighted by Gasteiger charge is 2.41. The van der Waals surface area contributed by atoms with Crippen LogP contribution in [0, 0.1) is 5.82 Å². The Labute approximate surface area is 231 Å². The van der Waals surface area contributed by atoms with Crippen LogP contribution in [0.3, 0.4) is 0 Å². The minimum Gasteiger partial charge on any atom is -0.465 e. The van der Waals surface area contributed by atoms with Gasteiger partial charge in [0.2, 0.25) is 11.8 Å². The molecule has 1 N–H and O–H groups in total. The van der Waals surface area contributed by atoms with E-state index in [1.165, 1.54) is 7.11 Å². The van der Waals surface area contributed by atoms with Crippen molar-refractivity contribution in [3.05, 3.63) is 55.6 Å². The number of rotatable bonds is 8. The van der Waals surface area contributed by atoms with Gasteiger partial charge in [-0.25, -0.2) is 24.2 Å². The third-order valence-electron chi connectivity index (χ3n) is 5.28. The van der Waals surface area contributed by atoms with E-state index in [0.29, 0.717) is 6.07 Å². The number of ether oxygens (including phenoxy) is 1. The molecule has 2 amide bonds. The number of hydrogen-bond acceptors (Lipinski definition) is 9. The molecule has 0 radical (unpaired) electrons. The number of nitrogens with one attached hydrogen (secondary N) is 1. The first-order valence-corrected chi connectivity index (χ1v) is 12.4. The van der Waals surface area contributed by atoms with Gasteiger partial charge in [-0.15, -0.1) is 0 Å². The normalized spacial score (nSPS) is 16.5. The lowest BCUT2D eigenvalue weighted by Crippen LogP contribution is -2.41. The van der Waals surface area contributed by atoms with Crippen molar-refractivity contribution in [2.75, 3.05) is 20.3 Å². The molecule has 216 valence electrons. The van der Waals surface area contributed by atoms with Crippen LogP contribution in [0.15, 0.2) is 32.8 Å². The van der Waals surface area contributed by atoms with Crippen LogP contribution in [0.1, 0.15) is 19.0 Å². The van der Waals surface area contributed by atoms with Crippen LogP contribution in [0.4, 0.5) is 23.2 Å². The van der Waals surface area contributed by atoms with E-state index in [9.17, 15) is 41.5 Å². The van der Waals surface area contributed by atoms with Gasteiger partial charge in [0.1, 0.15) is 23.3 Å². The van der Waals surface area contributed by atoms with E-state index < -0.39 is 64.2 Å². The summed E-state index contributed by atoms with van der Waals surface area (Å²) in [6, 6.07) is 1.61. The second-order valence-corrected chi connectivity index (χ2v) is 9.54. The molecule has 1 fully saturated rings. The van der Waals surface area contributed by atoms with Crippen LogP contribution in [0.25, 0.3) is 5.69 Å². The van der Waals surface area contributed by atoms with E-state index in [-0.39, 0.29) is 44.1 Å². The van der Waals surface area contributed by atoms with Gasteiger partial charge in [-0.3, -0.25) is 33.5 Å². The van der Waals surface area contributed by atoms with Gasteiger partial charge >= 0.3 is 17.8 Å². The molecule has 2 aromatic rings. The summed E-state index contributed by atoms with van der Waals surface area (Å²) in [5.41, 5.74) is -3.56. The second kappa shape index (κ2) is 12.2. The summed E-state index contributed by atoms with van der Waals surface area (Å²) in [6.07, 6.45) is -5.41. The standard InChI is InChI=1S/C22H20ClF4N5O7S/c1-4-39-18(35)9-31-19(36)14(7-16(33)29-38-3)40-20(31)28-12-6-13(11(24)5-10(12)23)32-17(34)8-15(22(25,26)27)30(2)21(32)37/h5-6,8,14H,4,7,9H2,1-3H3,(H,29,33). The van der Waals surface area contributed by atoms with Gasteiger partial charge in [0.15, 0.2) is 5.17 Å².